The average Bonchev–Trinajstić information content (AvgIpc) is 2.46. The van der Waals surface area contributed by atoms with Crippen LogP contribution in [-0.2, 0) is 12.8 Å². The monoisotopic (exact) mass is 298 g/mol. The lowest BCUT2D eigenvalue weighted by atomic mass is 9.92. The highest BCUT2D eigenvalue weighted by atomic mass is 16.4. The van der Waals surface area contributed by atoms with Gasteiger partial charge in [0.15, 0.2) is 0 Å². The molecule has 22 heavy (non-hydrogen) atoms. The summed E-state index contributed by atoms with van der Waals surface area (Å²) in [6.07, 6.45) is 0.999. The number of hydrogen-bond donors (Lipinski definition) is 2. The van der Waals surface area contributed by atoms with Gasteiger partial charge in [0.05, 0.1) is 11.1 Å². The molecule has 0 amide bonds. The van der Waals surface area contributed by atoms with Gasteiger partial charge in [-0.2, -0.15) is 0 Å². The molecule has 0 heterocycles. The van der Waals surface area contributed by atoms with Crippen LogP contribution in [-0.4, -0.2) is 22.2 Å². The van der Waals surface area contributed by atoms with E-state index in [2.05, 4.69) is 0 Å². The number of carbonyl (C=O) groups is 2. The third-order valence-corrected chi connectivity index (χ3v) is 3.91. The van der Waals surface area contributed by atoms with Gasteiger partial charge in [-0.15, -0.1) is 0 Å². The molecule has 2 N–H and O–H groups in total. The van der Waals surface area contributed by atoms with Gasteiger partial charge in [0, 0.05) is 0 Å². The van der Waals surface area contributed by atoms with Gasteiger partial charge in [0.25, 0.3) is 0 Å². The van der Waals surface area contributed by atoms with Gasteiger partial charge < -0.3 is 10.2 Å². The molecule has 0 saturated carbocycles. The predicted octanol–water partition coefficient (Wildman–Crippen LogP) is 3.49. The van der Waals surface area contributed by atoms with Crippen LogP contribution in [0.15, 0.2) is 36.4 Å². The number of hydrogen-bond acceptors (Lipinski definition) is 2. The Labute approximate surface area is 129 Å². The normalized spacial score (nSPS) is 10.5. The standard InChI is InChI=1S/C18H18O4/c1-11-5-3-7-15(17(19)20)13(11)9-10-14-12(2)6-4-8-16(14)18(21)22/h3-8H,9-10H2,1-2H3,(H,19,20)(H,21,22). The fraction of sp³-hybridized carbons (Fsp3) is 0.222. The van der Waals surface area contributed by atoms with E-state index in [-0.39, 0.29) is 11.1 Å². The number of rotatable bonds is 5. The zero-order valence-electron chi connectivity index (χ0n) is 12.6. The van der Waals surface area contributed by atoms with Gasteiger partial charge >= 0.3 is 11.9 Å². The highest BCUT2D eigenvalue weighted by Gasteiger charge is 2.15. The van der Waals surface area contributed by atoms with E-state index >= 15 is 0 Å². The second-order valence-corrected chi connectivity index (χ2v) is 5.31. The molecule has 0 aliphatic carbocycles. The summed E-state index contributed by atoms with van der Waals surface area (Å²) in [4.78, 5) is 22.7. The van der Waals surface area contributed by atoms with Crippen LogP contribution in [0.4, 0.5) is 0 Å². The van der Waals surface area contributed by atoms with Crippen LogP contribution in [0.5, 0.6) is 0 Å². The zero-order chi connectivity index (χ0) is 16.3. The number of carboxylic acids is 2. The maximum atomic E-state index is 11.3. The van der Waals surface area contributed by atoms with E-state index in [4.69, 9.17) is 0 Å². The zero-order valence-corrected chi connectivity index (χ0v) is 12.6. The second-order valence-electron chi connectivity index (χ2n) is 5.31. The molecule has 0 fully saturated rings. The van der Waals surface area contributed by atoms with Gasteiger partial charge in [-0.25, -0.2) is 9.59 Å². The van der Waals surface area contributed by atoms with Crippen LogP contribution in [0.3, 0.4) is 0 Å². The molecule has 2 aromatic rings. The lowest BCUT2D eigenvalue weighted by Gasteiger charge is -2.13. The van der Waals surface area contributed by atoms with Crippen LogP contribution >= 0.6 is 0 Å². The smallest absolute Gasteiger partial charge is 0.335 e. The summed E-state index contributed by atoms with van der Waals surface area (Å²) in [6.45, 7) is 3.75. The fourth-order valence-corrected chi connectivity index (χ4v) is 2.72. The molecular weight excluding hydrogens is 280 g/mol. The summed E-state index contributed by atoms with van der Waals surface area (Å²) in [5, 5.41) is 18.6. The van der Waals surface area contributed by atoms with E-state index in [0.29, 0.717) is 12.8 Å². The number of carboxylic acid groups (broad SMARTS) is 2. The molecule has 4 heteroatoms. The maximum Gasteiger partial charge on any atom is 0.335 e. The Kier molecular flexibility index (Phi) is 4.61. The fourth-order valence-electron chi connectivity index (χ4n) is 2.72. The van der Waals surface area contributed by atoms with Crippen molar-refractivity contribution in [3.8, 4) is 0 Å². The molecule has 0 radical (unpaired) electrons. The highest BCUT2D eigenvalue weighted by molar-refractivity contribution is 5.90. The summed E-state index contributed by atoms with van der Waals surface area (Å²) in [5.74, 6) is -1.91. The van der Waals surface area contributed by atoms with Crippen molar-refractivity contribution in [2.24, 2.45) is 0 Å². The summed E-state index contributed by atoms with van der Waals surface area (Å²) in [6, 6.07) is 10.4. The molecule has 0 bridgehead atoms. The first-order chi connectivity index (χ1) is 10.4. The minimum absolute atomic E-state index is 0.283. The predicted molar refractivity (Wildman–Crippen MR) is 83.7 cm³/mol. The molecule has 0 aromatic heterocycles. The van der Waals surface area contributed by atoms with E-state index in [9.17, 15) is 19.8 Å². The quantitative estimate of drug-likeness (QED) is 0.886. The first kappa shape index (κ1) is 15.8. The number of aromatic carboxylic acids is 2. The van der Waals surface area contributed by atoms with Gasteiger partial charge in [-0.1, -0.05) is 24.3 Å². The van der Waals surface area contributed by atoms with Gasteiger partial charge in [0.1, 0.15) is 0 Å². The van der Waals surface area contributed by atoms with Crippen molar-refractivity contribution in [2.75, 3.05) is 0 Å². The largest absolute Gasteiger partial charge is 0.478 e. The van der Waals surface area contributed by atoms with Gasteiger partial charge in [0.2, 0.25) is 0 Å². The van der Waals surface area contributed by atoms with E-state index in [1.54, 1.807) is 24.3 Å². The minimum atomic E-state index is -0.957. The average molecular weight is 298 g/mol. The van der Waals surface area contributed by atoms with Crippen molar-refractivity contribution in [2.45, 2.75) is 26.7 Å². The van der Waals surface area contributed by atoms with Crippen molar-refractivity contribution < 1.29 is 19.8 Å². The first-order valence-corrected chi connectivity index (χ1v) is 7.05. The van der Waals surface area contributed by atoms with Crippen LogP contribution in [0.2, 0.25) is 0 Å². The Morgan fingerprint density at radius 2 is 1.14 bits per heavy atom. The lowest BCUT2D eigenvalue weighted by molar-refractivity contribution is 0.0684. The molecule has 0 aliphatic rings. The van der Waals surface area contributed by atoms with Gasteiger partial charge in [-0.05, 0) is 61.1 Å². The molecule has 0 saturated heterocycles. The van der Waals surface area contributed by atoms with Crippen molar-refractivity contribution in [3.05, 3.63) is 69.8 Å². The van der Waals surface area contributed by atoms with E-state index in [0.717, 1.165) is 22.3 Å². The molecule has 0 aliphatic heterocycles. The molecule has 0 atom stereocenters. The summed E-state index contributed by atoms with van der Waals surface area (Å²) in [5.41, 5.74) is 3.90. The summed E-state index contributed by atoms with van der Waals surface area (Å²) >= 11 is 0. The molecule has 2 aromatic carbocycles. The Hall–Kier alpha value is -2.62. The molecule has 0 unspecified atom stereocenters. The van der Waals surface area contributed by atoms with Crippen molar-refractivity contribution >= 4 is 11.9 Å². The molecule has 0 spiro atoms. The van der Waals surface area contributed by atoms with Crippen molar-refractivity contribution in [3.63, 3.8) is 0 Å². The summed E-state index contributed by atoms with van der Waals surface area (Å²) in [7, 11) is 0. The minimum Gasteiger partial charge on any atom is -0.478 e. The Morgan fingerprint density at radius 3 is 1.45 bits per heavy atom. The third kappa shape index (κ3) is 3.17. The number of aryl methyl sites for hydroxylation is 2. The van der Waals surface area contributed by atoms with Crippen molar-refractivity contribution in [1.82, 2.24) is 0 Å². The Morgan fingerprint density at radius 1 is 0.773 bits per heavy atom. The van der Waals surface area contributed by atoms with E-state index in [1.165, 1.54) is 0 Å². The highest BCUT2D eigenvalue weighted by Crippen LogP contribution is 2.21. The van der Waals surface area contributed by atoms with Gasteiger partial charge in [-0.3, -0.25) is 0 Å². The third-order valence-electron chi connectivity index (χ3n) is 3.91. The van der Waals surface area contributed by atoms with Crippen molar-refractivity contribution in [1.29, 1.82) is 0 Å². The number of benzene rings is 2. The van der Waals surface area contributed by atoms with Crippen LogP contribution in [0.1, 0.15) is 43.0 Å². The summed E-state index contributed by atoms with van der Waals surface area (Å²) < 4.78 is 0. The van der Waals surface area contributed by atoms with Crippen LogP contribution in [0.25, 0.3) is 0 Å². The molecular formula is C18H18O4. The maximum absolute atomic E-state index is 11.3. The Bertz CT molecular complexity index is 668. The van der Waals surface area contributed by atoms with E-state index < -0.39 is 11.9 Å². The molecule has 2 rings (SSSR count). The Balaban J connectivity index is 2.36. The topological polar surface area (TPSA) is 74.6 Å². The second kappa shape index (κ2) is 6.43. The molecule has 4 nitrogen and oxygen atoms in total. The lowest BCUT2D eigenvalue weighted by Crippen LogP contribution is -2.09. The first-order valence-electron chi connectivity index (χ1n) is 7.05. The van der Waals surface area contributed by atoms with Crippen LogP contribution < -0.4 is 0 Å². The van der Waals surface area contributed by atoms with Crippen LogP contribution in [0, 0.1) is 13.8 Å². The van der Waals surface area contributed by atoms with E-state index in [1.807, 2.05) is 26.0 Å². The SMILES string of the molecule is Cc1cccc(C(=O)O)c1CCc1c(C)cccc1C(=O)O. The molecule has 114 valence electrons.